The molecule has 1 N–H and O–H groups in total. The van der Waals surface area contributed by atoms with Crippen molar-refractivity contribution in [1.82, 2.24) is 0 Å². The van der Waals surface area contributed by atoms with Gasteiger partial charge in [0, 0.05) is 6.61 Å². The maximum absolute atomic E-state index is 8.85. The van der Waals surface area contributed by atoms with E-state index in [-0.39, 0.29) is 0 Å². The van der Waals surface area contributed by atoms with Gasteiger partial charge in [-0.1, -0.05) is 51.4 Å². The van der Waals surface area contributed by atoms with Gasteiger partial charge in [0.05, 0.1) is 0 Å². The minimum absolute atomic E-state index is 0.394. The molecule has 72 valence electrons. The second-order valence-electron chi connectivity index (χ2n) is 4.08. The molecule has 0 unspecified atom stereocenters. The first-order valence-electron chi connectivity index (χ1n) is 5.54. The Balaban J connectivity index is 2.19. The first-order valence-corrected chi connectivity index (χ1v) is 5.54. The molecule has 0 aromatic rings. The molecule has 0 amide bonds. The summed E-state index contributed by atoms with van der Waals surface area (Å²) in [6.45, 7) is 0.394. The van der Waals surface area contributed by atoms with Crippen LogP contribution in [-0.2, 0) is 0 Å². The van der Waals surface area contributed by atoms with E-state index in [0.29, 0.717) is 6.61 Å². The van der Waals surface area contributed by atoms with Gasteiger partial charge >= 0.3 is 0 Å². The highest BCUT2D eigenvalue weighted by molar-refractivity contribution is 4.62. The first-order chi connectivity index (χ1) is 5.93. The average molecular weight is 170 g/mol. The molecular weight excluding hydrogens is 148 g/mol. The van der Waals surface area contributed by atoms with Crippen LogP contribution in [0.2, 0.25) is 0 Å². The predicted molar refractivity (Wildman–Crippen MR) is 52.1 cm³/mol. The maximum Gasteiger partial charge on any atom is 0.0433 e. The van der Waals surface area contributed by atoms with Gasteiger partial charge in [0.1, 0.15) is 0 Å². The van der Waals surface area contributed by atoms with Crippen LogP contribution >= 0.6 is 0 Å². The molecule has 12 heavy (non-hydrogen) atoms. The van der Waals surface area contributed by atoms with Crippen molar-refractivity contribution < 1.29 is 5.11 Å². The smallest absolute Gasteiger partial charge is 0.0433 e. The lowest BCUT2D eigenvalue weighted by Crippen LogP contribution is -2.02. The van der Waals surface area contributed by atoms with Crippen LogP contribution < -0.4 is 0 Å². The Bertz CT molecular complexity index is 91.2. The second kappa shape index (κ2) is 6.47. The second-order valence-corrected chi connectivity index (χ2v) is 4.08. The monoisotopic (exact) mass is 170 g/mol. The van der Waals surface area contributed by atoms with Crippen molar-refractivity contribution in [2.24, 2.45) is 5.92 Å². The van der Waals surface area contributed by atoms with Gasteiger partial charge in [0.15, 0.2) is 0 Å². The summed E-state index contributed by atoms with van der Waals surface area (Å²) >= 11 is 0. The number of hydrogen-bond acceptors (Lipinski definition) is 1. The molecule has 1 aliphatic rings. The van der Waals surface area contributed by atoms with Crippen molar-refractivity contribution in [3.8, 4) is 0 Å². The van der Waals surface area contributed by atoms with Crippen molar-refractivity contribution in [1.29, 1.82) is 0 Å². The van der Waals surface area contributed by atoms with E-state index < -0.39 is 0 Å². The third-order valence-electron chi connectivity index (χ3n) is 3.01. The summed E-state index contributed by atoms with van der Waals surface area (Å²) in [7, 11) is 0. The van der Waals surface area contributed by atoms with Gasteiger partial charge in [-0.3, -0.25) is 0 Å². The fourth-order valence-corrected chi connectivity index (χ4v) is 2.19. The zero-order valence-electron chi connectivity index (χ0n) is 8.10. The van der Waals surface area contributed by atoms with Gasteiger partial charge in [-0.15, -0.1) is 0 Å². The summed E-state index contributed by atoms with van der Waals surface area (Å²) in [5.41, 5.74) is 0. The Labute approximate surface area is 76.2 Å². The van der Waals surface area contributed by atoms with Crippen molar-refractivity contribution >= 4 is 0 Å². The van der Waals surface area contributed by atoms with E-state index in [1.54, 1.807) is 0 Å². The molecule has 0 aliphatic heterocycles. The summed E-state index contributed by atoms with van der Waals surface area (Å²) < 4.78 is 0. The van der Waals surface area contributed by atoms with Gasteiger partial charge in [0.25, 0.3) is 0 Å². The lowest BCUT2D eigenvalue weighted by atomic mass is 9.94. The molecule has 1 fully saturated rings. The third-order valence-corrected chi connectivity index (χ3v) is 3.01. The topological polar surface area (TPSA) is 20.2 Å². The number of rotatable bonds is 2. The van der Waals surface area contributed by atoms with Crippen molar-refractivity contribution in [3.05, 3.63) is 0 Å². The van der Waals surface area contributed by atoms with Crippen molar-refractivity contribution in [2.45, 2.75) is 57.8 Å². The summed E-state index contributed by atoms with van der Waals surface area (Å²) in [6.07, 6.45) is 12.3. The van der Waals surface area contributed by atoms with Crippen LogP contribution in [-0.4, -0.2) is 11.7 Å². The molecule has 0 bridgehead atoms. The van der Waals surface area contributed by atoms with Crippen LogP contribution in [0.25, 0.3) is 0 Å². The Morgan fingerprint density at radius 2 is 1.33 bits per heavy atom. The van der Waals surface area contributed by atoms with Gasteiger partial charge < -0.3 is 5.11 Å². The Kier molecular flexibility index (Phi) is 5.42. The minimum Gasteiger partial charge on any atom is -0.396 e. The molecular formula is C11H22O. The summed E-state index contributed by atoms with van der Waals surface area (Å²) in [4.78, 5) is 0. The molecule has 0 aromatic carbocycles. The summed E-state index contributed by atoms with van der Waals surface area (Å²) in [5, 5.41) is 8.85. The van der Waals surface area contributed by atoms with Crippen molar-refractivity contribution in [3.63, 3.8) is 0 Å². The van der Waals surface area contributed by atoms with E-state index in [4.69, 9.17) is 5.11 Å². The zero-order valence-corrected chi connectivity index (χ0v) is 8.10. The van der Waals surface area contributed by atoms with Crippen LogP contribution in [0.4, 0.5) is 0 Å². The molecule has 1 saturated carbocycles. The molecule has 0 radical (unpaired) electrons. The van der Waals surface area contributed by atoms with Crippen LogP contribution in [0.15, 0.2) is 0 Å². The maximum atomic E-state index is 8.85. The van der Waals surface area contributed by atoms with Crippen LogP contribution in [0, 0.1) is 5.92 Å². The number of aliphatic hydroxyl groups excluding tert-OH is 1. The molecule has 0 aromatic heterocycles. The van der Waals surface area contributed by atoms with E-state index in [1.807, 2.05) is 0 Å². The average Bonchev–Trinajstić information content (AvgIpc) is 2.19. The van der Waals surface area contributed by atoms with Gasteiger partial charge in [-0.05, 0) is 12.3 Å². The number of hydrogen-bond donors (Lipinski definition) is 1. The van der Waals surface area contributed by atoms with Crippen molar-refractivity contribution in [2.75, 3.05) is 6.61 Å². The first kappa shape index (κ1) is 10.0. The summed E-state index contributed by atoms with van der Waals surface area (Å²) in [6, 6.07) is 0. The molecule has 0 spiro atoms. The predicted octanol–water partition coefficient (Wildman–Crippen LogP) is 3.12. The van der Waals surface area contributed by atoms with E-state index in [2.05, 4.69) is 0 Å². The molecule has 1 heteroatoms. The minimum atomic E-state index is 0.394. The van der Waals surface area contributed by atoms with Crippen LogP contribution in [0.3, 0.4) is 0 Å². The van der Waals surface area contributed by atoms with E-state index in [1.165, 1.54) is 51.4 Å². The SMILES string of the molecule is OCCC1CCCCCCCC1. The van der Waals surface area contributed by atoms with Gasteiger partial charge in [-0.25, -0.2) is 0 Å². The largest absolute Gasteiger partial charge is 0.396 e. The standard InChI is InChI=1S/C11H22O/c12-10-9-11-7-5-3-1-2-4-6-8-11/h11-12H,1-10H2. The highest BCUT2D eigenvalue weighted by Crippen LogP contribution is 2.23. The normalized spacial score (nSPS) is 22.8. The van der Waals surface area contributed by atoms with Crippen LogP contribution in [0.1, 0.15) is 57.8 Å². The fraction of sp³-hybridized carbons (Fsp3) is 1.00. The zero-order chi connectivity index (χ0) is 8.65. The molecule has 0 heterocycles. The summed E-state index contributed by atoms with van der Waals surface area (Å²) in [5.74, 6) is 0.827. The lowest BCUT2D eigenvalue weighted by Gasteiger charge is -2.13. The molecule has 1 rings (SSSR count). The Hall–Kier alpha value is -0.0400. The van der Waals surface area contributed by atoms with E-state index >= 15 is 0 Å². The molecule has 1 aliphatic carbocycles. The molecule has 0 atom stereocenters. The van der Waals surface area contributed by atoms with E-state index in [9.17, 15) is 0 Å². The quantitative estimate of drug-likeness (QED) is 0.675. The highest BCUT2D eigenvalue weighted by Gasteiger charge is 2.09. The Morgan fingerprint density at radius 1 is 0.833 bits per heavy atom. The highest BCUT2D eigenvalue weighted by atomic mass is 16.3. The third kappa shape index (κ3) is 4.10. The Morgan fingerprint density at radius 3 is 1.83 bits per heavy atom. The van der Waals surface area contributed by atoms with Gasteiger partial charge in [-0.2, -0.15) is 0 Å². The molecule has 0 saturated heterocycles. The fourth-order valence-electron chi connectivity index (χ4n) is 2.19. The van der Waals surface area contributed by atoms with Crippen LogP contribution in [0.5, 0.6) is 0 Å². The number of aliphatic hydroxyl groups is 1. The van der Waals surface area contributed by atoms with E-state index in [0.717, 1.165) is 12.3 Å². The van der Waals surface area contributed by atoms with Gasteiger partial charge in [0.2, 0.25) is 0 Å². The lowest BCUT2D eigenvalue weighted by molar-refractivity contribution is 0.243. The molecule has 1 nitrogen and oxygen atoms in total.